The summed E-state index contributed by atoms with van der Waals surface area (Å²) >= 11 is 0. The molecule has 21 heavy (non-hydrogen) atoms. The van der Waals surface area contributed by atoms with Gasteiger partial charge in [-0.1, -0.05) is 23.8 Å². The molecule has 1 aromatic carbocycles. The van der Waals surface area contributed by atoms with E-state index in [4.69, 9.17) is 0 Å². The second-order valence-electron chi connectivity index (χ2n) is 5.58. The number of nitrogens with zero attached hydrogens (tertiary/aromatic N) is 1. The maximum atomic E-state index is 12.3. The highest BCUT2D eigenvalue weighted by atomic mass is 16.2. The fourth-order valence-corrected chi connectivity index (χ4v) is 2.97. The van der Waals surface area contributed by atoms with Crippen molar-refractivity contribution in [3.63, 3.8) is 0 Å². The Kier molecular flexibility index (Phi) is 3.12. The summed E-state index contributed by atoms with van der Waals surface area (Å²) in [4.78, 5) is 31.2. The Morgan fingerprint density at radius 2 is 1.95 bits per heavy atom. The SMILES string of the molecule is Cc1ccc(C2CC(=O)Nc3nc(C)[nH]c(=O)c32)c(C)c1. The number of fused-ring (bicyclic) bond motifs is 1. The van der Waals surface area contributed by atoms with Crippen LogP contribution in [0.15, 0.2) is 23.0 Å². The summed E-state index contributed by atoms with van der Waals surface area (Å²) in [6, 6.07) is 6.07. The Morgan fingerprint density at radius 3 is 2.67 bits per heavy atom. The Labute approximate surface area is 122 Å². The molecule has 0 bridgehead atoms. The number of H-pyrrole nitrogens is 1. The van der Waals surface area contributed by atoms with Crippen LogP contribution in [0.3, 0.4) is 0 Å². The zero-order valence-corrected chi connectivity index (χ0v) is 12.3. The number of aromatic nitrogens is 2. The van der Waals surface area contributed by atoms with E-state index in [9.17, 15) is 9.59 Å². The van der Waals surface area contributed by atoms with Gasteiger partial charge in [0.05, 0.1) is 5.56 Å². The molecule has 0 fully saturated rings. The van der Waals surface area contributed by atoms with Crippen LogP contribution in [0.25, 0.3) is 0 Å². The average Bonchev–Trinajstić information content (AvgIpc) is 2.36. The first-order valence-electron chi connectivity index (χ1n) is 6.93. The predicted molar refractivity (Wildman–Crippen MR) is 80.6 cm³/mol. The van der Waals surface area contributed by atoms with Gasteiger partial charge in [0.15, 0.2) is 0 Å². The highest BCUT2D eigenvalue weighted by Gasteiger charge is 2.31. The summed E-state index contributed by atoms with van der Waals surface area (Å²) in [5, 5.41) is 2.70. The van der Waals surface area contributed by atoms with Crippen LogP contribution in [-0.4, -0.2) is 15.9 Å². The molecule has 3 rings (SSSR count). The van der Waals surface area contributed by atoms with E-state index in [0.717, 1.165) is 16.7 Å². The first-order chi connectivity index (χ1) is 9.95. The van der Waals surface area contributed by atoms with Crippen LogP contribution in [0.2, 0.25) is 0 Å². The summed E-state index contributed by atoms with van der Waals surface area (Å²) in [5.41, 5.74) is 3.62. The normalized spacial score (nSPS) is 17.3. The van der Waals surface area contributed by atoms with E-state index < -0.39 is 0 Å². The molecule has 2 N–H and O–H groups in total. The number of aryl methyl sites for hydroxylation is 3. The predicted octanol–water partition coefficient (Wildman–Crippen LogP) is 2.17. The van der Waals surface area contributed by atoms with Crippen LogP contribution in [0, 0.1) is 20.8 Å². The molecule has 1 amide bonds. The number of rotatable bonds is 1. The summed E-state index contributed by atoms with van der Waals surface area (Å²) in [7, 11) is 0. The monoisotopic (exact) mass is 283 g/mol. The molecule has 5 heteroatoms. The smallest absolute Gasteiger partial charge is 0.256 e. The second-order valence-corrected chi connectivity index (χ2v) is 5.58. The summed E-state index contributed by atoms with van der Waals surface area (Å²) in [6.45, 7) is 5.73. The lowest BCUT2D eigenvalue weighted by Crippen LogP contribution is -2.31. The molecule has 1 unspecified atom stereocenters. The number of hydrogen-bond donors (Lipinski definition) is 2. The van der Waals surface area contributed by atoms with Crippen molar-refractivity contribution < 1.29 is 4.79 Å². The minimum atomic E-state index is -0.244. The molecule has 2 aromatic rings. The van der Waals surface area contributed by atoms with E-state index in [-0.39, 0.29) is 23.8 Å². The van der Waals surface area contributed by atoms with Gasteiger partial charge in [0, 0.05) is 12.3 Å². The van der Waals surface area contributed by atoms with Crippen molar-refractivity contribution in [3.8, 4) is 0 Å². The van der Waals surface area contributed by atoms with Gasteiger partial charge in [-0.05, 0) is 31.9 Å². The van der Waals surface area contributed by atoms with Crippen molar-refractivity contribution in [3.05, 3.63) is 56.6 Å². The number of hydrogen-bond acceptors (Lipinski definition) is 3. The van der Waals surface area contributed by atoms with E-state index in [1.807, 2.05) is 26.0 Å². The number of carbonyl (C=O) groups excluding carboxylic acids is 1. The van der Waals surface area contributed by atoms with Gasteiger partial charge in [0.1, 0.15) is 11.6 Å². The van der Waals surface area contributed by atoms with Crippen LogP contribution in [0.5, 0.6) is 0 Å². The fraction of sp³-hybridized carbons (Fsp3) is 0.312. The number of nitrogens with one attached hydrogen (secondary N) is 2. The minimum Gasteiger partial charge on any atom is -0.310 e. The van der Waals surface area contributed by atoms with Gasteiger partial charge in [-0.2, -0.15) is 0 Å². The summed E-state index contributed by atoms with van der Waals surface area (Å²) in [5.74, 6) is 0.536. The largest absolute Gasteiger partial charge is 0.310 e. The lowest BCUT2D eigenvalue weighted by molar-refractivity contribution is -0.116. The van der Waals surface area contributed by atoms with Gasteiger partial charge in [-0.15, -0.1) is 0 Å². The molecule has 2 heterocycles. The van der Waals surface area contributed by atoms with Gasteiger partial charge < -0.3 is 10.3 Å². The third-order valence-corrected chi connectivity index (χ3v) is 3.87. The van der Waals surface area contributed by atoms with Crippen molar-refractivity contribution in [2.45, 2.75) is 33.1 Å². The van der Waals surface area contributed by atoms with E-state index in [1.165, 1.54) is 0 Å². The van der Waals surface area contributed by atoms with Gasteiger partial charge in [0.25, 0.3) is 5.56 Å². The molecule has 1 atom stereocenters. The molecule has 108 valence electrons. The number of benzene rings is 1. The highest BCUT2D eigenvalue weighted by Crippen LogP contribution is 2.35. The quantitative estimate of drug-likeness (QED) is 0.842. The molecule has 0 radical (unpaired) electrons. The zero-order chi connectivity index (χ0) is 15.1. The van der Waals surface area contributed by atoms with Crippen molar-refractivity contribution in [1.29, 1.82) is 0 Å². The molecule has 0 saturated carbocycles. The third kappa shape index (κ3) is 2.35. The summed E-state index contributed by atoms with van der Waals surface area (Å²) < 4.78 is 0. The highest BCUT2D eigenvalue weighted by molar-refractivity contribution is 5.94. The number of amides is 1. The van der Waals surface area contributed by atoms with Crippen LogP contribution in [0.4, 0.5) is 5.82 Å². The van der Waals surface area contributed by atoms with Crippen LogP contribution in [0.1, 0.15) is 40.4 Å². The third-order valence-electron chi connectivity index (χ3n) is 3.87. The van der Waals surface area contributed by atoms with Gasteiger partial charge >= 0.3 is 0 Å². The number of aromatic amines is 1. The van der Waals surface area contributed by atoms with Gasteiger partial charge in [0.2, 0.25) is 5.91 Å². The van der Waals surface area contributed by atoms with Gasteiger partial charge in [-0.25, -0.2) is 4.98 Å². The van der Waals surface area contributed by atoms with Crippen LogP contribution < -0.4 is 10.9 Å². The van der Waals surface area contributed by atoms with E-state index in [0.29, 0.717) is 17.2 Å². The molecular weight excluding hydrogens is 266 g/mol. The average molecular weight is 283 g/mol. The Hall–Kier alpha value is -2.43. The molecule has 1 aliphatic rings. The molecule has 0 aliphatic carbocycles. The Balaban J connectivity index is 2.22. The van der Waals surface area contributed by atoms with Crippen molar-refractivity contribution >= 4 is 11.7 Å². The molecule has 5 nitrogen and oxygen atoms in total. The molecule has 1 aliphatic heterocycles. The maximum absolute atomic E-state index is 12.3. The van der Waals surface area contributed by atoms with Crippen LogP contribution in [-0.2, 0) is 4.79 Å². The van der Waals surface area contributed by atoms with Crippen molar-refractivity contribution in [2.24, 2.45) is 0 Å². The second kappa shape index (κ2) is 4.84. The summed E-state index contributed by atoms with van der Waals surface area (Å²) in [6.07, 6.45) is 0.269. The Bertz CT molecular complexity index is 793. The van der Waals surface area contributed by atoms with Gasteiger partial charge in [-0.3, -0.25) is 9.59 Å². The van der Waals surface area contributed by atoms with E-state index in [1.54, 1.807) is 6.92 Å². The molecule has 1 aromatic heterocycles. The lowest BCUT2D eigenvalue weighted by atomic mass is 9.84. The first-order valence-corrected chi connectivity index (χ1v) is 6.93. The fourth-order valence-electron chi connectivity index (χ4n) is 2.97. The number of anilines is 1. The minimum absolute atomic E-state index is 0.107. The molecular formula is C16H17N3O2. The van der Waals surface area contributed by atoms with Crippen LogP contribution >= 0.6 is 0 Å². The number of carbonyl (C=O) groups is 1. The van der Waals surface area contributed by atoms with Crippen molar-refractivity contribution in [2.75, 3.05) is 5.32 Å². The molecule has 0 spiro atoms. The van der Waals surface area contributed by atoms with Crippen molar-refractivity contribution in [1.82, 2.24) is 9.97 Å². The first kappa shape index (κ1) is 13.5. The van der Waals surface area contributed by atoms with E-state index >= 15 is 0 Å². The Morgan fingerprint density at radius 1 is 1.19 bits per heavy atom. The lowest BCUT2D eigenvalue weighted by Gasteiger charge is -2.25. The standard InChI is InChI=1S/C16H17N3O2/c1-8-4-5-11(9(2)6-8)12-7-13(20)19-15-14(12)16(21)18-10(3)17-15/h4-6,12H,7H2,1-3H3,(H2,17,18,19,20,21). The zero-order valence-electron chi connectivity index (χ0n) is 12.3. The van der Waals surface area contributed by atoms with E-state index in [2.05, 4.69) is 21.4 Å². The maximum Gasteiger partial charge on any atom is 0.256 e. The topological polar surface area (TPSA) is 74.8 Å². The molecule has 0 saturated heterocycles.